The van der Waals surface area contributed by atoms with Gasteiger partial charge in [0.15, 0.2) is 0 Å². The van der Waals surface area contributed by atoms with E-state index < -0.39 is 23.6 Å². The molecule has 0 amide bonds. The first kappa shape index (κ1) is 22.7. The van der Waals surface area contributed by atoms with E-state index in [1.165, 1.54) is 18.2 Å². The summed E-state index contributed by atoms with van der Waals surface area (Å²) in [6.45, 7) is -0.0257. The van der Waals surface area contributed by atoms with Crippen LogP contribution < -0.4 is 10.2 Å². The molecule has 4 nitrogen and oxygen atoms in total. The van der Waals surface area contributed by atoms with Crippen LogP contribution in [-0.4, -0.2) is 25.9 Å². The van der Waals surface area contributed by atoms with Crippen molar-refractivity contribution in [1.82, 2.24) is 5.32 Å². The minimum absolute atomic E-state index is 0.0229. The molecule has 0 unspecified atom stereocenters. The summed E-state index contributed by atoms with van der Waals surface area (Å²) in [6, 6.07) is 8.09. The van der Waals surface area contributed by atoms with Crippen LogP contribution in [0.25, 0.3) is 0 Å². The van der Waals surface area contributed by atoms with Crippen LogP contribution in [0.5, 0.6) is 0 Å². The number of halogens is 5. The van der Waals surface area contributed by atoms with E-state index in [1.807, 2.05) is 6.07 Å². The second kappa shape index (κ2) is 9.72. The zero-order valence-corrected chi connectivity index (χ0v) is 16.2. The molecule has 0 heterocycles. The second-order valence-corrected chi connectivity index (χ2v) is 6.72. The van der Waals surface area contributed by atoms with Gasteiger partial charge in [0.2, 0.25) is 0 Å². The first-order valence-electron chi connectivity index (χ1n) is 8.61. The predicted octanol–water partition coefficient (Wildman–Crippen LogP) is 4.55. The molecule has 0 spiro atoms. The lowest BCUT2D eigenvalue weighted by atomic mass is 10.0. The molecular formula is C20H18ClF4N3O. The third-order valence-electron chi connectivity index (χ3n) is 4.37. The largest absolute Gasteiger partial charge is 0.416 e. The molecule has 2 rings (SSSR count). The molecule has 0 saturated heterocycles. The zero-order valence-electron chi connectivity index (χ0n) is 15.4. The number of alkyl halides is 3. The van der Waals surface area contributed by atoms with Gasteiger partial charge < -0.3 is 15.0 Å². The first-order chi connectivity index (χ1) is 13.7. The van der Waals surface area contributed by atoms with Crippen LogP contribution in [0.2, 0.25) is 5.02 Å². The highest BCUT2D eigenvalue weighted by Crippen LogP contribution is 2.34. The van der Waals surface area contributed by atoms with E-state index in [1.54, 1.807) is 11.9 Å². The maximum Gasteiger partial charge on any atom is 0.416 e. The number of aldehydes is 1. The van der Waals surface area contributed by atoms with Crippen molar-refractivity contribution < 1.29 is 22.4 Å². The van der Waals surface area contributed by atoms with E-state index in [-0.39, 0.29) is 35.7 Å². The summed E-state index contributed by atoms with van der Waals surface area (Å²) in [6.07, 6.45) is -3.98. The van der Waals surface area contributed by atoms with Crippen LogP contribution in [-0.2, 0) is 17.5 Å². The van der Waals surface area contributed by atoms with E-state index in [0.717, 1.165) is 12.1 Å². The highest BCUT2D eigenvalue weighted by atomic mass is 35.5. The lowest BCUT2D eigenvalue weighted by molar-refractivity contribution is -0.138. The molecule has 1 atom stereocenters. The Balaban J connectivity index is 2.57. The summed E-state index contributed by atoms with van der Waals surface area (Å²) in [5.74, 6) is -0.800. The maximum atomic E-state index is 13.7. The molecule has 9 heteroatoms. The number of carbonyl (C=O) groups is 1. The van der Waals surface area contributed by atoms with Crippen molar-refractivity contribution in [3.05, 3.63) is 63.9 Å². The number of nitrogens with zero attached hydrogens (tertiary/aromatic N) is 2. The molecule has 0 aliphatic carbocycles. The highest BCUT2D eigenvalue weighted by Gasteiger charge is 2.34. The maximum absolute atomic E-state index is 13.7. The molecule has 0 bridgehead atoms. The third kappa shape index (κ3) is 5.68. The van der Waals surface area contributed by atoms with Crippen molar-refractivity contribution in [2.24, 2.45) is 0 Å². The summed E-state index contributed by atoms with van der Waals surface area (Å²) in [5.41, 5.74) is -0.617. The van der Waals surface area contributed by atoms with Gasteiger partial charge in [-0.15, -0.1) is 0 Å². The van der Waals surface area contributed by atoms with E-state index in [0.29, 0.717) is 18.0 Å². The van der Waals surface area contributed by atoms with Gasteiger partial charge in [-0.05, 0) is 49.0 Å². The van der Waals surface area contributed by atoms with Crippen LogP contribution in [0.4, 0.5) is 23.2 Å². The fraction of sp³-hybridized carbons (Fsp3) is 0.300. The van der Waals surface area contributed by atoms with Gasteiger partial charge in [0.05, 0.1) is 16.1 Å². The van der Waals surface area contributed by atoms with Crippen LogP contribution in [0.3, 0.4) is 0 Å². The fourth-order valence-corrected chi connectivity index (χ4v) is 3.24. The number of nitriles is 1. The molecule has 1 N–H and O–H groups in total. The molecular weight excluding hydrogens is 410 g/mol. The minimum Gasteiger partial charge on any atom is -0.362 e. The van der Waals surface area contributed by atoms with Gasteiger partial charge in [0.1, 0.15) is 18.2 Å². The molecule has 0 saturated carbocycles. The molecule has 2 aromatic rings. The smallest absolute Gasteiger partial charge is 0.362 e. The molecule has 29 heavy (non-hydrogen) atoms. The Kier molecular flexibility index (Phi) is 7.59. The van der Waals surface area contributed by atoms with E-state index in [9.17, 15) is 22.4 Å². The average molecular weight is 428 g/mol. The summed E-state index contributed by atoms with van der Waals surface area (Å²) >= 11 is 6.09. The quantitative estimate of drug-likeness (QED) is 0.496. The van der Waals surface area contributed by atoms with Crippen molar-refractivity contribution in [1.29, 1.82) is 5.26 Å². The van der Waals surface area contributed by atoms with E-state index in [4.69, 9.17) is 16.9 Å². The average Bonchev–Trinajstić information content (AvgIpc) is 2.65. The normalized spacial score (nSPS) is 12.3. The Morgan fingerprint density at radius 3 is 2.55 bits per heavy atom. The van der Waals surface area contributed by atoms with Crippen molar-refractivity contribution in [2.45, 2.75) is 25.2 Å². The SMILES string of the molecule is CNC[C@H](CC=O)N(Cc1cc(F)ccc1C(F)(F)F)c1ccc(C#N)c(Cl)c1. The Morgan fingerprint density at radius 2 is 2.00 bits per heavy atom. The summed E-state index contributed by atoms with van der Waals surface area (Å²) in [7, 11) is 1.64. The van der Waals surface area contributed by atoms with Crippen molar-refractivity contribution in [3.8, 4) is 6.07 Å². The van der Waals surface area contributed by atoms with Crippen LogP contribution >= 0.6 is 11.6 Å². The molecule has 0 radical (unpaired) electrons. The molecule has 2 aromatic carbocycles. The van der Waals surface area contributed by atoms with Gasteiger partial charge in [-0.3, -0.25) is 0 Å². The van der Waals surface area contributed by atoms with Gasteiger partial charge in [-0.25, -0.2) is 4.39 Å². The van der Waals surface area contributed by atoms with Crippen molar-refractivity contribution in [3.63, 3.8) is 0 Å². The van der Waals surface area contributed by atoms with Gasteiger partial charge in [-0.2, -0.15) is 18.4 Å². The van der Waals surface area contributed by atoms with Crippen LogP contribution in [0, 0.1) is 17.1 Å². The van der Waals surface area contributed by atoms with Crippen LogP contribution in [0.15, 0.2) is 36.4 Å². The Labute approximate surface area is 170 Å². The lowest BCUT2D eigenvalue weighted by Gasteiger charge is -2.34. The third-order valence-corrected chi connectivity index (χ3v) is 4.68. The highest BCUT2D eigenvalue weighted by molar-refractivity contribution is 6.32. The molecule has 154 valence electrons. The number of hydrogen-bond donors (Lipinski definition) is 1. The van der Waals surface area contributed by atoms with Crippen molar-refractivity contribution >= 4 is 23.6 Å². The number of likely N-dealkylation sites (N-methyl/N-ethyl adjacent to an activating group) is 1. The number of anilines is 1. The Bertz CT molecular complexity index is 912. The molecule has 0 fully saturated rings. The van der Waals surface area contributed by atoms with Gasteiger partial charge in [0.25, 0.3) is 0 Å². The summed E-state index contributed by atoms with van der Waals surface area (Å²) < 4.78 is 54.0. The Hall–Kier alpha value is -2.63. The Morgan fingerprint density at radius 1 is 1.28 bits per heavy atom. The number of nitrogens with one attached hydrogen (secondary N) is 1. The second-order valence-electron chi connectivity index (χ2n) is 6.32. The van der Waals surface area contributed by atoms with Gasteiger partial charge in [0, 0.05) is 31.2 Å². The number of hydrogen-bond acceptors (Lipinski definition) is 4. The van der Waals surface area contributed by atoms with Crippen molar-refractivity contribution in [2.75, 3.05) is 18.5 Å². The lowest BCUT2D eigenvalue weighted by Crippen LogP contribution is -2.42. The first-order valence-corrected chi connectivity index (χ1v) is 8.99. The monoisotopic (exact) mass is 427 g/mol. The van der Waals surface area contributed by atoms with E-state index >= 15 is 0 Å². The fourth-order valence-electron chi connectivity index (χ4n) is 3.03. The standard InChI is InChI=1S/C20H18ClF4N3O/c1-27-11-17(6-7-29)28(16-4-2-13(10-26)19(21)9-16)12-14-8-15(22)3-5-18(14)20(23,24)25/h2-5,7-9,17,27H,6,11-12H2,1H3/t17-/m0/s1. The topological polar surface area (TPSA) is 56.1 Å². The summed E-state index contributed by atoms with van der Waals surface area (Å²) in [5, 5.41) is 12.1. The number of rotatable bonds is 8. The zero-order chi connectivity index (χ0) is 21.6. The summed E-state index contributed by atoms with van der Waals surface area (Å²) in [4.78, 5) is 12.7. The molecule has 0 aliphatic heterocycles. The molecule has 0 aromatic heterocycles. The van der Waals surface area contributed by atoms with Crippen LogP contribution in [0.1, 0.15) is 23.1 Å². The predicted molar refractivity (Wildman–Crippen MR) is 102 cm³/mol. The minimum atomic E-state index is -4.67. The van der Waals surface area contributed by atoms with E-state index in [2.05, 4.69) is 5.32 Å². The van der Waals surface area contributed by atoms with Gasteiger partial charge >= 0.3 is 6.18 Å². The number of benzene rings is 2. The van der Waals surface area contributed by atoms with Gasteiger partial charge in [-0.1, -0.05) is 11.6 Å². The number of carbonyl (C=O) groups excluding carboxylic acids is 1. The molecule has 0 aliphatic rings.